The van der Waals surface area contributed by atoms with E-state index in [9.17, 15) is 8.42 Å². The molecule has 1 N–H and O–H groups in total. The fraction of sp³-hybridized carbons (Fsp3) is 0.625. The molecule has 2 rings (SSSR count). The SMILES string of the molecule is CCNCc1cccc(S(=O)(=O)N(C)C2CCCC2)c1C. The lowest BCUT2D eigenvalue weighted by Crippen LogP contribution is -2.35. The molecule has 0 spiro atoms. The molecule has 4 nitrogen and oxygen atoms in total. The largest absolute Gasteiger partial charge is 0.313 e. The van der Waals surface area contributed by atoms with Crippen LogP contribution in [0.1, 0.15) is 43.7 Å². The first-order valence-corrected chi connectivity index (χ1v) is 9.19. The van der Waals surface area contributed by atoms with Crippen LogP contribution < -0.4 is 5.32 Å². The van der Waals surface area contributed by atoms with Crippen molar-refractivity contribution in [3.63, 3.8) is 0 Å². The summed E-state index contributed by atoms with van der Waals surface area (Å²) in [6.45, 7) is 5.53. The third-order valence-electron chi connectivity index (χ3n) is 4.46. The molecule has 0 amide bonds. The average Bonchev–Trinajstić information content (AvgIpc) is 2.99. The van der Waals surface area contributed by atoms with Crippen molar-refractivity contribution in [3.8, 4) is 0 Å². The summed E-state index contributed by atoms with van der Waals surface area (Å²) in [6, 6.07) is 5.72. The fourth-order valence-electron chi connectivity index (χ4n) is 3.01. The number of sulfonamides is 1. The molecule has 0 aliphatic heterocycles. The molecule has 1 aliphatic rings. The van der Waals surface area contributed by atoms with Gasteiger partial charge in [-0.05, 0) is 43.5 Å². The van der Waals surface area contributed by atoms with Gasteiger partial charge in [-0.25, -0.2) is 8.42 Å². The number of nitrogens with zero attached hydrogens (tertiary/aromatic N) is 1. The van der Waals surface area contributed by atoms with Crippen LogP contribution in [0.3, 0.4) is 0 Å². The summed E-state index contributed by atoms with van der Waals surface area (Å²) >= 11 is 0. The second kappa shape index (κ2) is 6.90. The van der Waals surface area contributed by atoms with E-state index in [1.807, 2.05) is 26.0 Å². The van der Waals surface area contributed by atoms with Gasteiger partial charge in [-0.3, -0.25) is 0 Å². The Morgan fingerprint density at radius 2 is 1.95 bits per heavy atom. The minimum atomic E-state index is -3.40. The molecule has 1 saturated carbocycles. The minimum Gasteiger partial charge on any atom is -0.313 e. The van der Waals surface area contributed by atoms with E-state index in [1.165, 1.54) is 0 Å². The summed E-state index contributed by atoms with van der Waals surface area (Å²) < 4.78 is 27.3. The van der Waals surface area contributed by atoms with Crippen molar-refractivity contribution in [1.29, 1.82) is 0 Å². The van der Waals surface area contributed by atoms with E-state index >= 15 is 0 Å². The van der Waals surface area contributed by atoms with Crippen LogP contribution in [0.4, 0.5) is 0 Å². The minimum absolute atomic E-state index is 0.159. The van der Waals surface area contributed by atoms with Crippen LogP contribution in [0.15, 0.2) is 23.1 Å². The van der Waals surface area contributed by atoms with Crippen LogP contribution in [0.25, 0.3) is 0 Å². The number of hydrogen-bond donors (Lipinski definition) is 1. The van der Waals surface area contributed by atoms with Gasteiger partial charge in [-0.15, -0.1) is 0 Å². The van der Waals surface area contributed by atoms with Crippen LogP contribution in [0.5, 0.6) is 0 Å². The average molecular weight is 310 g/mol. The zero-order valence-corrected chi connectivity index (χ0v) is 14.0. The summed E-state index contributed by atoms with van der Waals surface area (Å²) in [5, 5.41) is 3.26. The van der Waals surface area contributed by atoms with Crippen LogP contribution in [-0.2, 0) is 16.6 Å². The number of rotatable bonds is 6. The maximum absolute atomic E-state index is 12.9. The van der Waals surface area contributed by atoms with Crippen molar-refractivity contribution in [2.24, 2.45) is 0 Å². The Kier molecular flexibility index (Phi) is 5.41. The Bertz CT molecular complexity index is 578. The Balaban J connectivity index is 2.31. The van der Waals surface area contributed by atoms with E-state index in [4.69, 9.17) is 0 Å². The lowest BCUT2D eigenvalue weighted by molar-refractivity contribution is 0.372. The molecule has 0 bridgehead atoms. The summed E-state index contributed by atoms with van der Waals surface area (Å²) in [7, 11) is -1.67. The van der Waals surface area contributed by atoms with Gasteiger partial charge in [-0.2, -0.15) is 4.31 Å². The molecular formula is C16H26N2O2S. The van der Waals surface area contributed by atoms with Crippen molar-refractivity contribution in [2.45, 2.75) is 57.0 Å². The number of hydrogen-bond acceptors (Lipinski definition) is 3. The highest BCUT2D eigenvalue weighted by Gasteiger charge is 2.31. The fourth-order valence-corrected chi connectivity index (χ4v) is 4.69. The third kappa shape index (κ3) is 3.47. The van der Waals surface area contributed by atoms with E-state index in [2.05, 4.69) is 5.32 Å². The van der Waals surface area contributed by atoms with Gasteiger partial charge in [0, 0.05) is 19.6 Å². The van der Waals surface area contributed by atoms with E-state index in [-0.39, 0.29) is 6.04 Å². The zero-order valence-electron chi connectivity index (χ0n) is 13.2. The summed E-state index contributed by atoms with van der Waals surface area (Å²) in [4.78, 5) is 0.451. The van der Waals surface area contributed by atoms with Gasteiger partial charge in [0.25, 0.3) is 0 Å². The standard InChI is InChI=1S/C16H26N2O2S/c1-4-17-12-14-8-7-11-16(13(14)2)21(19,20)18(3)15-9-5-6-10-15/h7-8,11,15,17H,4-6,9-10,12H2,1-3H3. The maximum atomic E-state index is 12.9. The Labute approximate surface area is 128 Å². The number of nitrogens with one attached hydrogen (secondary N) is 1. The second-order valence-corrected chi connectivity index (χ2v) is 7.75. The summed E-state index contributed by atoms with van der Waals surface area (Å²) in [5.41, 5.74) is 1.92. The lowest BCUT2D eigenvalue weighted by atomic mass is 10.1. The monoisotopic (exact) mass is 310 g/mol. The van der Waals surface area contributed by atoms with Crippen LogP contribution in [0, 0.1) is 6.92 Å². The van der Waals surface area contributed by atoms with Gasteiger partial charge in [0.15, 0.2) is 0 Å². The normalized spacial score (nSPS) is 16.8. The molecule has 1 fully saturated rings. The molecule has 1 aliphatic carbocycles. The van der Waals surface area contributed by atoms with Gasteiger partial charge < -0.3 is 5.32 Å². The zero-order chi connectivity index (χ0) is 15.5. The molecule has 0 aromatic heterocycles. The molecular weight excluding hydrogens is 284 g/mol. The highest BCUT2D eigenvalue weighted by atomic mass is 32.2. The Hall–Kier alpha value is -0.910. The quantitative estimate of drug-likeness (QED) is 0.879. The molecule has 118 valence electrons. The summed E-state index contributed by atoms with van der Waals surface area (Å²) in [6.07, 6.45) is 4.21. The predicted molar refractivity (Wildman–Crippen MR) is 85.8 cm³/mol. The van der Waals surface area contributed by atoms with Crippen molar-refractivity contribution >= 4 is 10.0 Å². The highest BCUT2D eigenvalue weighted by molar-refractivity contribution is 7.89. The van der Waals surface area contributed by atoms with Crippen molar-refractivity contribution in [2.75, 3.05) is 13.6 Å². The Morgan fingerprint density at radius 3 is 2.57 bits per heavy atom. The van der Waals surface area contributed by atoms with Crippen LogP contribution in [-0.4, -0.2) is 32.4 Å². The first-order valence-electron chi connectivity index (χ1n) is 7.75. The molecule has 0 saturated heterocycles. The van der Waals surface area contributed by atoms with Crippen molar-refractivity contribution in [3.05, 3.63) is 29.3 Å². The molecule has 0 unspecified atom stereocenters. The predicted octanol–water partition coefficient (Wildman–Crippen LogP) is 2.67. The van der Waals surface area contributed by atoms with E-state index < -0.39 is 10.0 Å². The van der Waals surface area contributed by atoms with E-state index in [1.54, 1.807) is 17.4 Å². The van der Waals surface area contributed by atoms with Crippen molar-refractivity contribution in [1.82, 2.24) is 9.62 Å². The van der Waals surface area contributed by atoms with E-state index in [0.29, 0.717) is 11.4 Å². The Morgan fingerprint density at radius 1 is 1.29 bits per heavy atom. The van der Waals surface area contributed by atoms with Crippen LogP contribution in [0.2, 0.25) is 0 Å². The van der Waals surface area contributed by atoms with Gasteiger partial charge >= 0.3 is 0 Å². The van der Waals surface area contributed by atoms with Crippen molar-refractivity contribution < 1.29 is 8.42 Å². The third-order valence-corrected chi connectivity index (χ3v) is 6.51. The molecule has 0 heterocycles. The second-order valence-electron chi connectivity index (χ2n) is 5.78. The lowest BCUT2D eigenvalue weighted by Gasteiger charge is -2.25. The molecule has 5 heteroatoms. The van der Waals surface area contributed by atoms with Gasteiger partial charge in [0.05, 0.1) is 4.90 Å². The summed E-state index contributed by atoms with van der Waals surface area (Å²) in [5.74, 6) is 0. The highest BCUT2D eigenvalue weighted by Crippen LogP contribution is 2.29. The smallest absolute Gasteiger partial charge is 0.243 e. The van der Waals surface area contributed by atoms with Crippen LogP contribution >= 0.6 is 0 Å². The number of benzene rings is 1. The van der Waals surface area contributed by atoms with Gasteiger partial charge in [0.1, 0.15) is 0 Å². The first kappa shape index (κ1) is 16.5. The molecule has 21 heavy (non-hydrogen) atoms. The van der Waals surface area contributed by atoms with Gasteiger partial charge in [-0.1, -0.05) is 31.9 Å². The molecule has 1 aromatic carbocycles. The molecule has 0 radical (unpaired) electrons. The van der Waals surface area contributed by atoms with Gasteiger partial charge in [0.2, 0.25) is 10.0 Å². The first-order chi connectivity index (χ1) is 9.98. The molecule has 1 aromatic rings. The molecule has 0 atom stereocenters. The maximum Gasteiger partial charge on any atom is 0.243 e. The van der Waals surface area contributed by atoms with E-state index in [0.717, 1.165) is 43.4 Å². The topological polar surface area (TPSA) is 49.4 Å².